The average Bonchev–Trinajstić information content (AvgIpc) is 2.74. The molecule has 0 spiro atoms. The zero-order chi connectivity index (χ0) is 13.8. The van der Waals surface area contributed by atoms with E-state index >= 15 is 0 Å². The van der Waals surface area contributed by atoms with Gasteiger partial charge >= 0.3 is 6.03 Å². The third kappa shape index (κ3) is 3.17. The van der Waals surface area contributed by atoms with E-state index in [2.05, 4.69) is 10.6 Å². The Balaban J connectivity index is 1.96. The lowest BCUT2D eigenvalue weighted by atomic mass is 10.1. The molecule has 0 heterocycles. The van der Waals surface area contributed by atoms with Crippen LogP contribution in [0.4, 0.5) is 4.79 Å². The molecule has 2 atom stereocenters. The van der Waals surface area contributed by atoms with Crippen molar-refractivity contribution >= 4 is 6.03 Å². The van der Waals surface area contributed by atoms with Crippen molar-refractivity contribution in [3.05, 3.63) is 29.3 Å². The molecule has 3 N–H and O–H groups in total. The number of nitrogens with one attached hydrogen (secondary N) is 2. The molecule has 2 rings (SSSR count). The Morgan fingerprint density at radius 3 is 3.11 bits per heavy atom. The van der Waals surface area contributed by atoms with Gasteiger partial charge in [-0.1, -0.05) is 12.1 Å². The van der Waals surface area contributed by atoms with Gasteiger partial charge in [-0.05, 0) is 37.0 Å². The number of hydrogen-bond acceptors (Lipinski definition) is 3. The summed E-state index contributed by atoms with van der Waals surface area (Å²) in [6.07, 6.45) is 1.61. The number of methoxy groups -OCH3 is 1. The fourth-order valence-corrected chi connectivity index (χ4v) is 2.50. The molecule has 2 amide bonds. The number of carbonyl (C=O) groups is 1. The van der Waals surface area contributed by atoms with E-state index in [0.29, 0.717) is 12.4 Å². The maximum atomic E-state index is 11.8. The number of phenolic OH excluding ortho intramolecular Hbond substituents is 1. The summed E-state index contributed by atoms with van der Waals surface area (Å²) in [4.78, 5) is 11.8. The number of hydrogen-bond donors (Lipinski definition) is 3. The first-order chi connectivity index (χ1) is 9.11. The number of fused-ring (bicyclic) bond motifs is 1. The minimum Gasteiger partial charge on any atom is -0.508 e. The van der Waals surface area contributed by atoms with Gasteiger partial charge < -0.3 is 20.5 Å². The topological polar surface area (TPSA) is 70.6 Å². The van der Waals surface area contributed by atoms with Crippen LogP contribution in [-0.4, -0.2) is 30.9 Å². The van der Waals surface area contributed by atoms with Crippen LogP contribution >= 0.6 is 0 Å². The summed E-state index contributed by atoms with van der Waals surface area (Å²) in [6.45, 7) is 2.37. The standard InChI is InChI=1S/C14H20N2O3/c1-9(8-19-2)15-14(18)16-12-7-6-11-10(12)4-3-5-13(11)17/h3-5,9,12,17H,6-8H2,1-2H3,(H2,15,16,18)/t9-,12+/m0/s1. The van der Waals surface area contributed by atoms with Crippen molar-refractivity contribution in [2.45, 2.75) is 31.8 Å². The zero-order valence-electron chi connectivity index (χ0n) is 11.3. The molecular weight excluding hydrogens is 244 g/mol. The third-order valence-electron chi connectivity index (χ3n) is 3.35. The second kappa shape index (κ2) is 5.93. The van der Waals surface area contributed by atoms with Crippen molar-refractivity contribution in [2.24, 2.45) is 0 Å². The van der Waals surface area contributed by atoms with E-state index in [1.165, 1.54) is 0 Å². The molecule has 0 unspecified atom stereocenters. The number of urea groups is 1. The van der Waals surface area contributed by atoms with Crippen molar-refractivity contribution in [3.63, 3.8) is 0 Å². The van der Waals surface area contributed by atoms with E-state index in [1.807, 2.05) is 13.0 Å². The Bertz CT molecular complexity index is 462. The van der Waals surface area contributed by atoms with Crippen LogP contribution in [0.5, 0.6) is 5.75 Å². The number of rotatable bonds is 4. The minimum absolute atomic E-state index is 0.0307. The summed E-state index contributed by atoms with van der Waals surface area (Å²) < 4.78 is 4.97. The number of amides is 2. The van der Waals surface area contributed by atoms with Crippen molar-refractivity contribution in [1.29, 1.82) is 0 Å². The average molecular weight is 264 g/mol. The number of benzene rings is 1. The second-order valence-corrected chi connectivity index (χ2v) is 4.91. The predicted molar refractivity (Wildman–Crippen MR) is 72.2 cm³/mol. The Kier molecular flexibility index (Phi) is 4.27. The number of phenols is 1. The van der Waals surface area contributed by atoms with E-state index in [1.54, 1.807) is 19.2 Å². The Hall–Kier alpha value is -1.75. The number of carbonyl (C=O) groups excluding carboxylic acids is 1. The highest BCUT2D eigenvalue weighted by atomic mass is 16.5. The molecule has 0 bridgehead atoms. The molecule has 0 saturated heterocycles. The lowest BCUT2D eigenvalue weighted by Crippen LogP contribution is -2.43. The largest absolute Gasteiger partial charge is 0.508 e. The van der Waals surface area contributed by atoms with Gasteiger partial charge in [0.2, 0.25) is 0 Å². The number of ether oxygens (including phenoxy) is 1. The molecule has 1 aliphatic rings. The molecule has 19 heavy (non-hydrogen) atoms. The van der Waals surface area contributed by atoms with Crippen LogP contribution < -0.4 is 10.6 Å². The molecule has 0 aromatic heterocycles. The van der Waals surface area contributed by atoms with Crippen LogP contribution in [0.2, 0.25) is 0 Å². The predicted octanol–water partition coefficient (Wildman–Crippen LogP) is 1.71. The lowest BCUT2D eigenvalue weighted by Gasteiger charge is -2.18. The second-order valence-electron chi connectivity index (χ2n) is 4.91. The van der Waals surface area contributed by atoms with E-state index in [-0.39, 0.29) is 18.1 Å². The molecular formula is C14H20N2O3. The first-order valence-electron chi connectivity index (χ1n) is 6.48. The van der Waals surface area contributed by atoms with Crippen molar-refractivity contribution in [1.82, 2.24) is 10.6 Å². The summed E-state index contributed by atoms with van der Waals surface area (Å²) >= 11 is 0. The van der Waals surface area contributed by atoms with Gasteiger partial charge in [-0.15, -0.1) is 0 Å². The first-order valence-corrected chi connectivity index (χ1v) is 6.48. The van der Waals surface area contributed by atoms with Gasteiger partial charge in [-0.3, -0.25) is 0 Å². The quantitative estimate of drug-likeness (QED) is 0.775. The van der Waals surface area contributed by atoms with E-state index in [4.69, 9.17) is 4.74 Å². The summed E-state index contributed by atoms with van der Waals surface area (Å²) in [5, 5.41) is 15.5. The van der Waals surface area contributed by atoms with E-state index < -0.39 is 0 Å². The van der Waals surface area contributed by atoms with Crippen LogP contribution in [-0.2, 0) is 11.2 Å². The fraction of sp³-hybridized carbons (Fsp3) is 0.500. The zero-order valence-corrected chi connectivity index (χ0v) is 11.3. The van der Waals surface area contributed by atoms with Gasteiger partial charge in [0.15, 0.2) is 0 Å². The van der Waals surface area contributed by atoms with Gasteiger partial charge in [-0.25, -0.2) is 4.79 Å². The van der Waals surface area contributed by atoms with Crippen LogP contribution in [0, 0.1) is 0 Å². The highest BCUT2D eigenvalue weighted by Crippen LogP contribution is 2.36. The molecule has 5 heteroatoms. The maximum Gasteiger partial charge on any atom is 0.315 e. The summed E-state index contributed by atoms with van der Waals surface area (Å²) in [5.41, 5.74) is 1.95. The fourth-order valence-electron chi connectivity index (χ4n) is 2.50. The third-order valence-corrected chi connectivity index (χ3v) is 3.35. The molecule has 5 nitrogen and oxygen atoms in total. The molecule has 1 aromatic rings. The minimum atomic E-state index is -0.203. The lowest BCUT2D eigenvalue weighted by molar-refractivity contribution is 0.170. The summed E-state index contributed by atoms with van der Waals surface area (Å²) in [5.74, 6) is 0.315. The monoisotopic (exact) mass is 264 g/mol. The maximum absolute atomic E-state index is 11.8. The van der Waals surface area contributed by atoms with Crippen molar-refractivity contribution in [2.75, 3.05) is 13.7 Å². The molecule has 104 valence electrons. The SMILES string of the molecule is COC[C@H](C)NC(=O)N[C@@H]1CCc2c(O)cccc21. The van der Waals surface area contributed by atoms with Gasteiger partial charge in [0.25, 0.3) is 0 Å². The van der Waals surface area contributed by atoms with Crippen LogP contribution in [0.1, 0.15) is 30.5 Å². The van der Waals surface area contributed by atoms with Gasteiger partial charge in [-0.2, -0.15) is 0 Å². The highest BCUT2D eigenvalue weighted by molar-refractivity contribution is 5.75. The highest BCUT2D eigenvalue weighted by Gasteiger charge is 2.26. The van der Waals surface area contributed by atoms with Crippen molar-refractivity contribution in [3.8, 4) is 5.75 Å². The Morgan fingerprint density at radius 2 is 2.37 bits per heavy atom. The van der Waals surface area contributed by atoms with Crippen LogP contribution in [0.15, 0.2) is 18.2 Å². The van der Waals surface area contributed by atoms with Crippen LogP contribution in [0.25, 0.3) is 0 Å². The summed E-state index contributed by atoms with van der Waals surface area (Å²) in [7, 11) is 1.60. The first kappa shape index (κ1) is 13.7. The molecule has 0 aliphatic heterocycles. The Labute approximate surface area is 113 Å². The molecule has 0 saturated carbocycles. The normalized spacial score (nSPS) is 18.7. The number of aromatic hydroxyl groups is 1. The smallest absolute Gasteiger partial charge is 0.315 e. The molecule has 1 aliphatic carbocycles. The van der Waals surface area contributed by atoms with E-state index in [0.717, 1.165) is 24.0 Å². The van der Waals surface area contributed by atoms with E-state index in [9.17, 15) is 9.90 Å². The van der Waals surface area contributed by atoms with Crippen molar-refractivity contribution < 1.29 is 14.6 Å². The van der Waals surface area contributed by atoms with Gasteiger partial charge in [0.05, 0.1) is 18.7 Å². The summed E-state index contributed by atoms with van der Waals surface area (Å²) in [6, 6.07) is 5.17. The van der Waals surface area contributed by atoms with Gasteiger partial charge in [0.1, 0.15) is 5.75 Å². The Morgan fingerprint density at radius 1 is 1.58 bits per heavy atom. The molecule has 0 fully saturated rings. The van der Waals surface area contributed by atoms with Gasteiger partial charge in [0, 0.05) is 7.11 Å². The van der Waals surface area contributed by atoms with Crippen LogP contribution in [0.3, 0.4) is 0 Å². The molecule has 1 aromatic carbocycles. The molecule has 0 radical (unpaired) electrons.